The molecule has 0 bridgehead atoms. The first-order valence-electron chi connectivity index (χ1n) is 8.79. The SMILES string of the molecule is COc1ccccc1C(C)(C)N(C)C1CCN(C(C)(C)C)CC1. The second-order valence-corrected chi connectivity index (χ2v) is 8.26. The number of piperidine rings is 1. The highest BCUT2D eigenvalue weighted by molar-refractivity contribution is 5.38. The summed E-state index contributed by atoms with van der Waals surface area (Å²) in [6, 6.07) is 9.02. The van der Waals surface area contributed by atoms with Gasteiger partial charge in [0.1, 0.15) is 5.75 Å². The molecule has 1 saturated heterocycles. The summed E-state index contributed by atoms with van der Waals surface area (Å²) in [5.74, 6) is 0.983. The van der Waals surface area contributed by atoms with Crippen LogP contribution in [0.4, 0.5) is 0 Å². The summed E-state index contributed by atoms with van der Waals surface area (Å²) >= 11 is 0. The Morgan fingerprint density at radius 1 is 1.04 bits per heavy atom. The molecule has 2 rings (SSSR count). The quantitative estimate of drug-likeness (QED) is 0.830. The molecule has 0 aliphatic carbocycles. The maximum Gasteiger partial charge on any atom is 0.123 e. The minimum Gasteiger partial charge on any atom is -0.496 e. The van der Waals surface area contributed by atoms with Crippen molar-refractivity contribution in [1.82, 2.24) is 9.80 Å². The van der Waals surface area contributed by atoms with E-state index < -0.39 is 0 Å². The van der Waals surface area contributed by atoms with Gasteiger partial charge in [0.05, 0.1) is 7.11 Å². The lowest BCUT2D eigenvalue weighted by molar-refractivity contribution is 0.0242. The zero-order chi connectivity index (χ0) is 17.3. The summed E-state index contributed by atoms with van der Waals surface area (Å²) in [5.41, 5.74) is 1.51. The minimum absolute atomic E-state index is 0.0405. The third-order valence-corrected chi connectivity index (χ3v) is 5.61. The van der Waals surface area contributed by atoms with Gasteiger partial charge in [-0.3, -0.25) is 9.80 Å². The number of likely N-dealkylation sites (tertiary alicyclic amines) is 1. The number of ether oxygens (including phenoxy) is 1. The molecule has 0 spiro atoms. The first kappa shape index (κ1) is 18.3. The highest BCUT2D eigenvalue weighted by Crippen LogP contribution is 2.36. The molecule has 23 heavy (non-hydrogen) atoms. The zero-order valence-electron chi connectivity index (χ0n) is 16.0. The van der Waals surface area contributed by atoms with Gasteiger partial charge in [-0.25, -0.2) is 0 Å². The first-order chi connectivity index (χ1) is 10.7. The third-order valence-electron chi connectivity index (χ3n) is 5.61. The average molecular weight is 319 g/mol. The van der Waals surface area contributed by atoms with E-state index in [1.54, 1.807) is 7.11 Å². The maximum absolute atomic E-state index is 5.60. The Hall–Kier alpha value is -1.06. The van der Waals surface area contributed by atoms with Gasteiger partial charge in [0.15, 0.2) is 0 Å². The van der Waals surface area contributed by atoms with Crippen LogP contribution in [0.1, 0.15) is 53.0 Å². The predicted molar refractivity (Wildman–Crippen MR) is 98.1 cm³/mol. The number of para-hydroxylation sites is 1. The van der Waals surface area contributed by atoms with Gasteiger partial charge in [-0.05, 0) is 60.6 Å². The van der Waals surface area contributed by atoms with Crippen LogP contribution in [0.15, 0.2) is 24.3 Å². The van der Waals surface area contributed by atoms with Gasteiger partial charge < -0.3 is 4.74 Å². The van der Waals surface area contributed by atoms with E-state index in [1.165, 1.54) is 31.5 Å². The molecule has 0 amide bonds. The zero-order valence-corrected chi connectivity index (χ0v) is 16.0. The predicted octanol–water partition coefficient (Wildman–Crippen LogP) is 4.13. The van der Waals surface area contributed by atoms with Gasteiger partial charge in [0, 0.05) is 35.8 Å². The lowest BCUT2D eigenvalue weighted by atomic mass is 9.88. The molecule has 0 saturated carbocycles. The molecule has 1 heterocycles. The number of methoxy groups -OCH3 is 1. The van der Waals surface area contributed by atoms with E-state index in [1.807, 2.05) is 6.07 Å². The molecule has 0 aromatic heterocycles. The Bertz CT molecular complexity index is 511. The van der Waals surface area contributed by atoms with Crippen LogP contribution in [0.3, 0.4) is 0 Å². The fourth-order valence-electron chi connectivity index (χ4n) is 3.72. The van der Waals surface area contributed by atoms with E-state index in [2.05, 4.69) is 69.7 Å². The normalized spacial score (nSPS) is 18.4. The van der Waals surface area contributed by atoms with E-state index in [-0.39, 0.29) is 11.1 Å². The lowest BCUT2D eigenvalue weighted by Crippen LogP contribution is -2.53. The molecule has 1 aliphatic rings. The van der Waals surface area contributed by atoms with E-state index >= 15 is 0 Å². The lowest BCUT2D eigenvalue weighted by Gasteiger charge is -2.47. The molecule has 0 atom stereocenters. The molecule has 0 radical (unpaired) electrons. The Kier molecular flexibility index (Phi) is 5.42. The molecule has 1 fully saturated rings. The Morgan fingerprint density at radius 2 is 1.61 bits per heavy atom. The number of hydrogen-bond acceptors (Lipinski definition) is 3. The van der Waals surface area contributed by atoms with Crippen LogP contribution in [0, 0.1) is 0 Å². The van der Waals surface area contributed by atoms with E-state index in [9.17, 15) is 0 Å². The topological polar surface area (TPSA) is 15.7 Å². The summed E-state index contributed by atoms with van der Waals surface area (Å²) in [6.07, 6.45) is 2.46. The number of benzene rings is 1. The second-order valence-electron chi connectivity index (χ2n) is 8.26. The number of nitrogens with zero attached hydrogens (tertiary/aromatic N) is 2. The van der Waals surface area contributed by atoms with Gasteiger partial charge in [0.25, 0.3) is 0 Å². The highest BCUT2D eigenvalue weighted by atomic mass is 16.5. The van der Waals surface area contributed by atoms with Gasteiger partial charge in [-0.2, -0.15) is 0 Å². The van der Waals surface area contributed by atoms with Crippen molar-refractivity contribution in [2.24, 2.45) is 0 Å². The molecule has 3 nitrogen and oxygen atoms in total. The fraction of sp³-hybridized carbons (Fsp3) is 0.700. The van der Waals surface area contributed by atoms with Crippen LogP contribution >= 0.6 is 0 Å². The fourth-order valence-corrected chi connectivity index (χ4v) is 3.72. The van der Waals surface area contributed by atoms with Crippen LogP contribution in [0.5, 0.6) is 5.75 Å². The highest BCUT2D eigenvalue weighted by Gasteiger charge is 2.36. The number of rotatable bonds is 4. The molecule has 1 aromatic carbocycles. The Morgan fingerprint density at radius 3 is 2.13 bits per heavy atom. The van der Waals surface area contributed by atoms with Crippen molar-refractivity contribution in [3.05, 3.63) is 29.8 Å². The molecule has 3 heteroatoms. The van der Waals surface area contributed by atoms with Crippen molar-refractivity contribution in [1.29, 1.82) is 0 Å². The first-order valence-corrected chi connectivity index (χ1v) is 8.79. The summed E-state index contributed by atoms with van der Waals surface area (Å²) in [4.78, 5) is 5.15. The summed E-state index contributed by atoms with van der Waals surface area (Å²) < 4.78 is 5.60. The van der Waals surface area contributed by atoms with Crippen molar-refractivity contribution >= 4 is 0 Å². The molecule has 0 N–H and O–H groups in total. The Balaban J connectivity index is 2.12. The summed E-state index contributed by atoms with van der Waals surface area (Å²) in [6.45, 7) is 13.9. The van der Waals surface area contributed by atoms with Crippen LogP contribution < -0.4 is 4.74 Å². The van der Waals surface area contributed by atoms with Crippen LogP contribution in [-0.2, 0) is 5.54 Å². The second kappa shape index (κ2) is 6.82. The van der Waals surface area contributed by atoms with Crippen molar-refractivity contribution in [2.45, 2.75) is 64.6 Å². The monoisotopic (exact) mass is 318 g/mol. The van der Waals surface area contributed by atoms with Gasteiger partial charge >= 0.3 is 0 Å². The average Bonchev–Trinajstić information content (AvgIpc) is 2.53. The van der Waals surface area contributed by atoms with Crippen molar-refractivity contribution in [2.75, 3.05) is 27.2 Å². The van der Waals surface area contributed by atoms with Crippen molar-refractivity contribution in [3.8, 4) is 5.75 Å². The summed E-state index contributed by atoms with van der Waals surface area (Å²) in [7, 11) is 4.03. The molecular weight excluding hydrogens is 284 g/mol. The molecule has 1 aliphatic heterocycles. The molecule has 1 aromatic rings. The molecular formula is C20H34N2O. The number of hydrogen-bond donors (Lipinski definition) is 0. The summed E-state index contributed by atoms with van der Waals surface area (Å²) in [5, 5.41) is 0. The maximum atomic E-state index is 5.60. The van der Waals surface area contributed by atoms with Crippen molar-refractivity contribution < 1.29 is 4.74 Å². The van der Waals surface area contributed by atoms with E-state index in [0.29, 0.717) is 6.04 Å². The van der Waals surface area contributed by atoms with Crippen LogP contribution in [0.25, 0.3) is 0 Å². The van der Waals surface area contributed by atoms with E-state index in [4.69, 9.17) is 4.74 Å². The standard InChI is InChI=1S/C20H34N2O/c1-19(2,3)22-14-12-16(13-15-22)21(6)20(4,5)17-10-8-9-11-18(17)23-7/h8-11,16H,12-15H2,1-7H3. The molecule has 0 unspecified atom stereocenters. The molecule has 130 valence electrons. The van der Waals surface area contributed by atoms with Gasteiger partial charge in [-0.1, -0.05) is 18.2 Å². The van der Waals surface area contributed by atoms with Gasteiger partial charge in [-0.15, -0.1) is 0 Å². The van der Waals surface area contributed by atoms with Crippen LogP contribution in [-0.4, -0.2) is 48.6 Å². The third kappa shape index (κ3) is 3.89. The smallest absolute Gasteiger partial charge is 0.123 e. The Labute approximate surface area is 142 Å². The largest absolute Gasteiger partial charge is 0.496 e. The van der Waals surface area contributed by atoms with Gasteiger partial charge in [0.2, 0.25) is 0 Å². The minimum atomic E-state index is -0.0405. The van der Waals surface area contributed by atoms with Crippen molar-refractivity contribution in [3.63, 3.8) is 0 Å². The van der Waals surface area contributed by atoms with E-state index in [0.717, 1.165) is 5.75 Å². The van der Waals surface area contributed by atoms with Crippen LogP contribution in [0.2, 0.25) is 0 Å².